The molecule has 1 amide bonds. The van der Waals surface area contributed by atoms with E-state index in [0.29, 0.717) is 5.69 Å². The molecule has 0 atom stereocenters. The summed E-state index contributed by atoms with van der Waals surface area (Å²) in [7, 11) is -3.33. The highest BCUT2D eigenvalue weighted by atomic mass is 32.2. The van der Waals surface area contributed by atoms with Gasteiger partial charge in [0.1, 0.15) is 0 Å². The molecule has 3 aromatic carbocycles. The number of nitrogens with one attached hydrogen (secondary N) is 1. The highest BCUT2D eigenvalue weighted by Gasteiger charge is 2.17. The zero-order valence-electron chi connectivity index (χ0n) is 16.3. The van der Waals surface area contributed by atoms with Crippen LogP contribution < -0.4 is 5.32 Å². The van der Waals surface area contributed by atoms with Crippen molar-refractivity contribution in [1.82, 2.24) is 0 Å². The minimum atomic E-state index is -3.33. The lowest BCUT2D eigenvalue weighted by atomic mass is 10.0. The normalized spacial score (nSPS) is 11.4. The minimum Gasteiger partial charge on any atom is -0.325 e. The number of rotatable bonds is 7. The maximum Gasteiger partial charge on any atom is 0.234 e. The molecule has 0 aliphatic heterocycles. The monoisotopic (exact) mass is 425 g/mol. The Hall–Kier alpha value is -2.57. The standard InChI is InChI=1S/C23H23NO3S2/c1-17-13-14-20(29(2,26)27)15-21(17)24-22(25)16-28-23(18-9-5-3-6-10-18)19-11-7-4-8-12-19/h3-15,23H,16H2,1-2H3,(H,24,25). The summed E-state index contributed by atoms with van der Waals surface area (Å²) in [5.74, 6) is 0.0809. The van der Waals surface area contributed by atoms with Gasteiger partial charge >= 0.3 is 0 Å². The number of carbonyl (C=O) groups excluding carboxylic acids is 1. The second kappa shape index (κ2) is 9.29. The first-order chi connectivity index (χ1) is 13.8. The van der Waals surface area contributed by atoms with E-state index in [1.165, 1.54) is 6.07 Å². The number of carbonyl (C=O) groups is 1. The number of sulfone groups is 1. The zero-order valence-corrected chi connectivity index (χ0v) is 18.0. The van der Waals surface area contributed by atoms with Crippen LogP contribution in [-0.4, -0.2) is 26.3 Å². The Balaban J connectivity index is 1.75. The average molecular weight is 426 g/mol. The van der Waals surface area contributed by atoms with Gasteiger partial charge in [-0.1, -0.05) is 66.7 Å². The van der Waals surface area contributed by atoms with E-state index in [-0.39, 0.29) is 21.8 Å². The first-order valence-corrected chi connectivity index (χ1v) is 12.1. The highest BCUT2D eigenvalue weighted by Crippen LogP contribution is 2.35. The number of hydrogen-bond acceptors (Lipinski definition) is 4. The van der Waals surface area contributed by atoms with Gasteiger partial charge < -0.3 is 5.32 Å². The summed E-state index contributed by atoms with van der Waals surface area (Å²) in [6.07, 6.45) is 1.16. The Morgan fingerprint density at radius 3 is 2.00 bits per heavy atom. The number of thioether (sulfide) groups is 1. The smallest absolute Gasteiger partial charge is 0.234 e. The van der Waals surface area contributed by atoms with Gasteiger partial charge in [0.15, 0.2) is 9.84 Å². The molecule has 0 saturated carbocycles. The van der Waals surface area contributed by atoms with Crippen LogP contribution in [0.1, 0.15) is 21.9 Å². The van der Waals surface area contributed by atoms with Crippen molar-refractivity contribution in [3.05, 3.63) is 95.6 Å². The van der Waals surface area contributed by atoms with Crippen LogP contribution in [0.3, 0.4) is 0 Å². The topological polar surface area (TPSA) is 63.2 Å². The lowest BCUT2D eigenvalue weighted by molar-refractivity contribution is -0.113. The van der Waals surface area contributed by atoms with Crippen LogP contribution in [0.2, 0.25) is 0 Å². The fourth-order valence-corrected chi connectivity index (χ4v) is 4.69. The van der Waals surface area contributed by atoms with E-state index in [4.69, 9.17) is 0 Å². The summed E-state index contributed by atoms with van der Waals surface area (Å²) in [5.41, 5.74) is 3.60. The Morgan fingerprint density at radius 1 is 0.931 bits per heavy atom. The molecule has 0 radical (unpaired) electrons. The molecule has 29 heavy (non-hydrogen) atoms. The summed E-state index contributed by atoms with van der Waals surface area (Å²) >= 11 is 1.54. The minimum absolute atomic E-state index is 0.0339. The van der Waals surface area contributed by atoms with Crippen molar-refractivity contribution < 1.29 is 13.2 Å². The van der Waals surface area contributed by atoms with Crippen LogP contribution in [-0.2, 0) is 14.6 Å². The van der Waals surface area contributed by atoms with Crippen molar-refractivity contribution in [1.29, 1.82) is 0 Å². The van der Waals surface area contributed by atoms with E-state index >= 15 is 0 Å². The molecule has 0 fully saturated rings. The van der Waals surface area contributed by atoms with Gasteiger partial charge in [0.05, 0.1) is 15.9 Å². The molecule has 3 aromatic rings. The van der Waals surface area contributed by atoms with Crippen molar-refractivity contribution in [3.63, 3.8) is 0 Å². The van der Waals surface area contributed by atoms with Crippen molar-refractivity contribution in [2.75, 3.05) is 17.3 Å². The molecule has 0 bridgehead atoms. The summed E-state index contributed by atoms with van der Waals surface area (Å²) in [6.45, 7) is 1.84. The van der Waals surface area contributed by atoms with Gasteiger partial charge in [-0.15, -0.1) is 11.8 Å². The molecule has 150 valence electrons. The third kappa shape index (κ3) is 5.71. The lowest BCUT2D eigenvalue weighted by Gasteiger charge is -2.18. The quantitative estimate of drug-likeness (QED) is 0.587. The molecular formula is C23H23NO3S2. The molecule has 0 aromatic heterocycles. The molecule has 0 aliphatic carbocycles. The van der Waals surface area contributed by atoms with E-state index < -0.39 is 9.84 Å². The van der Waals surface area contributed by atoms with Crippen LogP contribution >= 0.6 is 11.8 Å². The molecule has 0 aliphatic rings. The van der Waals surface area contributed by atoms with E-state index in [9.17, 15) is 13.2 Å². The Bertz CT molecular complexity index is 1040. The predicted molar refractivity (Wildman–Crippen MR) is 120 cm³/mol. The second-order valence-electron chi connectivity index (χ2n) is 6.81. The molecule has 1 N–H and O–H groups in total. The molecule has 4 nitrogen and oxygen atoms in total. The first-order valence-electron chi connectivity index (χ1n) is 9.16. The van der Waals surface area contributed by atoms with Crippen molar-refractivity contribution in [3.8, 4) is 0 Å². The fourth-order valence-electron chi connectivity index (χ4n) is 2.95. The average Bonchev–Trinajstić information content (AvgIpc) is 2.70. The van der Waals surface area contributed by atoms with Gasteiger partial charge in [0, 0.05) is 11.9 Å². The maximum atomic E-state index is 12.6. The van der Waals surface area contributed by atoms with Crippen LogP contribution in [0, 0.1) is 6.92 Å². The lowest BCUT2D eigenvalue weighted by Crippen LogP contribution is -2.16. The van der Waals surface area contributed by atoms with Gasteiger partial charge in [-0.05, 0) is 35.7 Å². The van der Waals surface area contributed by atoms with Crippen molar-refractivity contribution in [2.24, 2.45) is 0 Å². The highest BCUT2D eigenvalue weighted by molar-refractivity contribution is 8.00. The van der Waals surface area contributed by atoms with Crippen LogP contribution in [0.5, 0.6) is 0 Å². The Morgan fingerprint density at radius 2 is 1.48 bits per heavy atom. The number of benzene rings is 3. The molecule has 3 rings (SSSR count). The predicted octanol–water partition coefficient (Wildman–Crippen LogP) is 4.86. The number of anilines is 1. The fraction of sp³-hybridized carbons (Fsp3) is 0.174. The maximum absolute atomic E-state index is 12.6. The molecule has 0 spiro atoms. The van der Waals surface area contributed by atoms with E-state index in [0.717, 1.165) is 22.9 Å². The van der Waals surface area contributed by atoms with Gasteiger partial charge in [-0.25, -0.2) is 8.42 Å². The molecule has 0 heterocycles. The first kappa shape index (κ1) is 21.1. The van der Waals surface area contributed by atoms with Crippen LogP contribution in [0.25, 0.3) is 0 Å². The Kier molecular flexibility index (Phi) is 6.77. The van der Waals surface area contributed by atoms with Gasteiger partial charge in [-0.2, -0.15) is 0 Å². The van der Waals surface area contributed by atoms with Gasteiger partial charge in [0.25, 0.3) is 0 Å². The zero-order chi connectivity index (χ0) is 20.9. The molecular weight excluding hydrogens is 402 g/mol. The second-order valence-corrected chi connectivity index (χ2v) is 9.92. The number of amides is 1. The SMILES string of the molecule is Cc1ccc(S(C)(=O)=O)cc1NC(=O)CSC(c1ccccc1)c1ccccc1. The molecule has 0 unspecified atom stereocenters. The summed E-state index contributed by atoms with van der Waals surface area (Å²) in [4.78, 5) is 12.8. The number of hydrogen-bond donors (Lipinski definition) is 1. The van der Waals surface area contributed by atoms with Gasteiger partial charge in [-0.3, -0.25) is 4.79 Å². The third-order valence-electron chi connectivity index (χ3n) is 4.50. The molecule has 0 saturated heterocycles. The summed E-state index contributed by atoms with van der Waals surface area (Å²) in [6, 6.07) is 24.9. The Labute approximate surface area is 176 Å². The van der Waals surface area contributed by atoms with E-state index in [2.05, 4.69) is 29.6 Å². The third-order valence-corrected chi connectivity index (χ3v) is 6.91. The van der Waals surface area contributed by atoms with Crippen molar-refractivity contribution >= 4 is 33.2 Å². The van der Waals surface area contributed by atoms with Crippen molar-refractivity contribution in [2.45, 2.75) is 17.1 Å². The van der Waals surface area contributed by atoms with Crippen LogP contribution in [0.4, 0.5) is 5.69 Å². The van der Waals surface area contributed by atoms with E-state index in [1.807, 2.05) is 43.3 Å². The number of aryl methyl sites for hydroxylation is 1. The summed E-state index contributed by atoms with van der Waals surface area (Å²) < 4.78 is 23.6. The molecule has 6 heteroatoms. The van der Waals surface area contributed by atoms with Crippen LogP contribution in [0.15, 0.2) is 83.8 Å². The van der Waals surface area contributed by atoms with Gasteiger partial charge in [0.2, 0.25) is 5.91 Å². The van der Waals surface area contributed by atoms with E-state index in [1.54, 1.807) is 23.9 Å². The largest absolute Gasteiger partial charge is 0.325 e. The summed E-state index contributed by atoms with van der Waals surface area (Å²) in [5, 5.41) is 2.89.